The van der Waals surface area contributed by atoms with Gasteiger partial charge in [-0.05, 0) is 46.5 Å². The highest BCUT2D eigenvalue weighted by Crippen LogP contribution is 2.30. The number of anilines is 1. The van der Waals surface area contributed by atoms with Crippen molar-refractivity contribution in [3.63, 3.8) is 0 Å². The summed E-state index contributed by atoms with van der Waals surface area (Å²) in [5.41, 5.74) is 0.855. The Balaban J connectivity index is 2.54. The number of unbranched alkanes of at least 4 members (excludes halogenated alkanes) is 1. The minimum absolute atomic E-state index is 0.00464. The summed E-state index contributed by atoms with van der Waals surface area (Å²) < 4.78 is 5.31. The zero-order valence-corrected chi connectivity index (χ0v) is 12.4. The predicted octanol–water partition coefficient (Wildman–Crippen LogP) is 2.75. The fourth-order valence-electron chi connectivity index (χ4n) is 1.83. The van der Waals surface area contributed by atoms with Gasteiger partial charge in [0.2, 0.25) is 0 Å². The molecule has 0 heterocycles. The molecule has 0 spiro atoms. The van der Waals surface area contributed by atoms with E-state index >= 15 is 0 Å². The summed E-state index contributed by atoms with van der Waals surface area (Å²) in [7, 11) is 4.11. The monoisotopic (exact) mass is 281 g/mol. The molecule has 0 fully saturated rings. The fourth-order valence-corrected chi connectivity index (χ4v) is 1.83. The molecule has 0 atom stereocenters. The molecule has 0 aliphatic heterocycles. The smallest absolute Gasteiger partial charge is 0.311 e. The minimum atomic E-state index is -0.425. The molecule has 0 radical (unpaired) electrons. The molecule has 0 aromatic heterocycles. The Morgan fingerprint density at radius 1 is 1.35 bits per heavy atom. The lowest BCUT2D eigenvalue weighted by Crippen LogP contribution is -2.14. The summed E-state index contributed by atoms with van der Waals surface area (Å²) >= 11 is 0. The molecule has 0 amide bonds. The van der Waals surface area contributed by atoms with Crippen LogP contribution < -0.4 is 10.1 Å². The Bertz CT molecular complexity index is 436. The molecular weight excluding hydrogens is 258 g/mol. The zero-order valence-electron chi connectivity index (χ0n) is 12.4. The third-order valence-electron chi connectivity index (χ3n) is 2.82. The molecule has 1 rings (SSSR count). The molecular formula is C14H23N3O3. The first-order valence-electron chi connectivity index (χ1n) is 6.84. The molecule has 6 heteroatoms. The van der Waals surface area contributed by atoms with E-state index in [-0.39, 0.29) is 5.69 Å². The van der Waals surface area contributed by atoms with Gasteiger partial charge in [-0.2, -0.15) is 0 Å². The summed E-state index contributed by atoms with van der Waals surface area (Å²) in [6, 6.07) is 4.88. The van der Waals surface area contributed by atoms with Crippen LogP contribution in [0.15, 0.2) is 18.2 Å². The molecule has 1 aromatic carbocycles. The van der Waals surface area contributed by atoms with Crippen molar-refractivity contribution >= 4 is 11.4 Å². The third kappa shape index (κ3) is 5.44. The Kier molecular flexibility index (Phi) is 6.79. The SMILES string of the molecule is CCOc1cc(NCCCCN(C)C)ccc1[N+](=O)[O-]. The molecule has 1 aromatic rings. The number of nitrogens with one attached hydrogen (secondary N) is 1. The van der Waals surface area contributed by atoms with Crippen LogP contribution in [0.2, 0.25) is 0 Å². The van der Waals surface area contributed by atoms with Crippen LogP contribution in [0.5, 0.6) is 5.75 Å². The fraction of sp³-hybridized carbons (Fsp3) is 0.571. The van der Waals surface area contributed by atoms with Crippen LogP contribution in [0, 0.1) is 10.1 Å². The van der Waals surface area contributed by atoms with Crippen LogP contribution in [0.1, 0.15) is 19.8 Å². The second kappa shape index (κ2) is 8.37. The first-order valence-corrected chi connectivity index (χ1v) is 6.84. The normalized spacial score (nSPS) is 10.6. The maximum atomic E-state index is 10.9. The van der Waals surface area contributed by atoms with Crippen LogP contribution in [-0.4, -0.2) is 43.6 Å². The molecule has 0 aliphatic rings. The van der Waals surface area contributed by atoms with E-state index in [0.29, 0.717) is 12.4 Å². The number of nitro benzene ring substituents is 1. The third-order valence-corrected chi connectivity index (χ3v) is 2.82. The van der Waals surface area contributed by atoms with Gasteiger partial charge in [-0.15, -0.1) is 0 Å². The van der Waals surface area contributed by atoms with E-state index in [0.717, 1.165) is 31.6 Å². The molecule has 1 N–H and O–H groups in total. The average molecular weight is 281 g/mol. The Labute approximate surface area is 119 Å². The lowest BCUT2D eigenvalue weighted by Gasteiger charge is -2.11. The van der Waals surface area contributed by atoms with E-state index in [2.05, 4.69) is 24.3 Å². The summed E-state index contributed by atoms with van der Waals surface area (Å²) in [4.78, 5) is 12.6. The molecule has 0 saturated carbocycles. The van der Waals surface area contributed by atoms with E-state index in [4.69, 9.17) is 4.74 Å². The average Bonchev–Trinajstić information content (AvgIpc) is 2.38. The molecule has 0 saturated heterocycles. The van der Waals surface area contributed by atoms with E-state index in [1.54, 1.807) is 12.1 Å². The number of nitro groups is 1. The van der Waals surface area contributed by atoms with E-state index in [9.17, 15) is 10.1 Å². The molecule has 0 unspecified atom stereocenters. The van der Waals surface area contributed by atoms with Gasteiger partial charge in [-0.1, -0.05) is 0 Å². The summed E-state index contributed by atoms with van der Waals surface area (Å²) in [5.74, 6) is 0.316. The summed E-state index contributed by atoms with van der Waals surface area (Å²) in [6.45, 7) is 4.13. The van der Waals surface area contributed by atoms with Crippen LogP contribution in [-0.2, 0) is 0 Å². The second-order valence-electron chi connectivity index (χ2n) is 4.81. The number of ether oxygens (including phenoxy) is 1. The van der Waals surface area contributed by atoms with E-state index < -0.39 is 4.92 Å². The molecule has 0 aliphatic carbocycles. The summed E-state index contributed by atoms with van der Waals surface area (Å²) in [5, 5.41) is 14.1. The van der Waals surface area contributed by atoms with Crippen molar-refractivity contribution < 1.29 is 9.66 Å². The van der Waals surface area contributed by atoms with E-state index in [1.807, 2.05) is 6.92 Å². The van der Waals surface area contributed by atoms with Gasteiger partial charge in [0.05, 0.1) is 11.5 Å². The molecule has 0 bridgehead atoms. The quantitative estimate of drug-likeness (QED) is 0.428. The number of hydrogen-bond donors (Lipinski definition) is 1. The van der Waals surface area contributed by atoms with Gasteiger partial charge in [-0.3, -0.25) is 10.1 Å². The van der Waals surface area contributed by atoms with Crippen molar-refractivity contribution in [3.8, 4) is 5.75 Å². The number of nitrogens with zero attached hydrogens (tertiary/aromatic N) is 2. The van der Waals surface area contributed by atoms with Crippen molar-refractivity contribution in [2.45, 2.75) is 19.8 Å². The number of rotatable bonds is 9. The van der Waals surface area contributed by atoms with Crippen LogP contribution in [0.4, 0.5) is 11.4 Å². The number of hydrogen-bond acceptors (Lipinski definition) is 5. The van der Waals surface area contributed by atoms with Gasteiger partial charge in [0.1, 0.15) is 0 Å². The van der Waals surface area contributed by atoms with Gasteiger partial charge in [0.15, 0.2) is 5.75 Å². The second-order valence-corrected chi connectivity index (χ2v) is 4.81. The Morgan fingerprint density at radius 2 is 2.10 bits per heavy atom. The van der Waals surface area contributed by atoms with Crippen molar-refractivity contribution in [2.75, 3.05) is 39.1 Å². The first-order chi connectivity index (χ1) is 9.54. The predicted molar refractivity (Wildman–Crippen MR) is 80.5 cm³/mol. The van der Waals surface area contributed by atoms with Crippen molar-refractivity contribution in [3.05, 3.63) is 28.3 Å². The van der Waals surface area contributed by atoms with Gasteiger partial charge in [-0.25, -0.2) is 0 Å². The minimum Gasteiger partial charge on any atom is -0.487 e. The molecule has 20 heavy (non-hydrogen) atoms. The largest absolute Gasteiger partial charge is 0.487 e. The Morgan fingerprint density at radius 3 is 2.70 bits per heavy atom. The highest BCUT2D eigenvalue weighted by Gasteiger charge is 2.14. The Hall–Kier alpha value is -1.82. The number of benzene rings is 1. The van der Waals surface area contributed by atoms with Crippen LogP contribution in [0.3, 0.4) is 0 Å². The molecule has 6 nitrogen and oxygen atoms in total. The zero-order chi connectivity index (χ0) is 15.0. The summed E-state index contributed by atoms with van der Waals surface area (Å²) in [6.07, 6.45) is 2.17. The van der Waals surface area contributed by atoms with Crippen LogP contribution in [0.25, 0.3) is 0 Å². The van der Waals surface area contributed by atoms with Crippen LogP contribution >= 0.6 is 0 Å². The first kappa shape index (κ1) is 16.2. The maximum absolute atomic E-state index is 10.9. The topological polar surface area (TPSA) is 67.6 Å². The van der Waals surface area contributed by atoms with Gasteiger partial charge < -0.3 is 15.0 Å². The van der Waals surface area contributed by atoms with Crippen molar-refractivity contribution in [1.29, 1.82) is 0 Å². The lowest BCUT2D eigenvalue weighted by molar-refractivity contribution is -0.385. The van der Waals surface area contributed by atoms with Crippen molar-refractivity contribution in [1.82, 2.24) is 4.90 Å². The molecule has 112 valence electrons. The van der Waals surface area contributed by atoms with Gasteiger partial charge in [0, 0.05) is 24.4 Å². The van der Waals surface area contributed by atoms with E-state index in [1.165, 1.54) is 6.07 Å². The lowest BCUT2D eigenvalue weighted by atomic mass is 10.2. The van der Waals surface area contributed by atoms with Gasteiger partial charge >= 0.3 is 5.69 Å². The van der Waals surface area contributed by atoms with Gasteiger partial charge in [0.25, 0.3) is 0 Å². The highest BCUT2D eigenvalue weighted by atomic mass is 16.6. The van der Waals surface area contributed by atoms with Crippen molar-refractivity contribution in [2.24, 2.45) is 0 Å². The maximum Gasteiger partial charge on any atom is 0.311 e. The highest BCUT2D eigenvalue weighted by molar-refractivity contribution is 5.57. The standard InChI is InChI=1S/C14H23N3O3/c1-4-20-14-11-12(7-8-13(14)17(18)19)15-9-5-6-10-16(2)3/h7-8,11,15H,4-6,9-10H2,1-3H3.